The van der Waals surface area contributed by atoms with E-state index in [1.807, 2.05) is 19.1 Å². The van der Waals surface area contributed by atoms with E-state index in [1.54, 1.807) is 18.5 Å². The normalized spacial score (nSPS) is 13.5. The maximum atomic E-state index is 12.0. The van der Waals surface area contributed by atoms with E-state index in [0.29, 0.717) is 22.2 Å². The summed E-state index contributed by atoms with van der Waals surface area (Å²) in [6.45, 7) is 2.40. The molecule has 0 aliphatic carbocycles. The summed E-state index contributed by atoms with van der Waals surface area (Å²) in [4.78, 5) is 16.0. The summed E-state index contributed by atoms with van der Waals surface area (Å²) >= 11 is 11.7. The highest BCUT2D eigenvalue weighted by Crippen LogP contribution is 2.24. The van der Waals surface area contributed by atoms with Crippen LogP contribution in [0.15, 0.2) is 42.7 Å². The molecule has 1 aromatic heterocycles. The lowest BCUT2D eigenvalue weighted by molar-refractivity contribution is -0.129. The third kappa shape index (κ3) is 4.44. The van der Waals surface area contributed by atoms with Crippen molar-refractivity contribution in [2.45, 2.75) is 18.9 Å². The van der Waals surface area contributed by atoms with E-state index in [1.165, 1.54) is 12.1 Å². The topological polar surface area (TPSA) is 62.2 Å². The molecule has 0 spiro atoms. The Balaban J connectivity index is 1.97. The average Bonchev–Trinajstić information content (AvgIpc) is 2.51. The average molecular weight is 339 g/mol. The molecule has 1 aromatic carbocycles. The van der Waals surface area contributed by atoms with Gasteiger partial charge < -0.3 is 10.4 Å². The standard InChI is InChI=1S/C16H16Cl2N2O2/c1-10(11-2-4-19-5-3-11)9-20-16(22)15(21)12-6-13(17)8-14(18)7-12/h2-8,10,15,21H,9H2,1H3,(H,20,22). The van der Waals surface area contributed by atoms with Crippen molar-refractivity contribution in [3.8, 4) is 0 Å². The van der Waals surface area contributed by atoms with Gasteiger partial charge in [-0.3, -0.25) is 9.78 Å². The molecule has 4 nitrogen and oxygen atoms in total. The lowest BCUT2D eigenvalue weighted by Crippen LogP contribution is -2.32. The van der Waals surface area contributed by atoms with Crippen molar-refractivity contribution in [2.24, 2.45) is 0 Å². The summed E-state index contributed by atoms with van der Waals surface area (Å²) in [5, 5.41) is 13.6. The van der Waals surface area contributed by atoms with Gasteiger partial charge in [0.25, 0.3) is 5.91 Å². The monoisotopic (exact) mass is 338 g/mol. The number of carbonyl (C=O) groups excluding carboxylic acids is 1. The molecule has 1 amide bonds. The fourth-order valence-corrected chi connectivity index (χ4v) is 2.59. The molecule has 0 aliphatic rings. The van der Waals surface area contributed by atoms with Crippen LogP contribution >= 0.6 is 23.2 Å². The van der Waals surface area contributed by atoms with E-state index < -0.39 is 12.0 Å². The predicted octanol–water partition coefficient (Wildman–Crippen LogP) is 3.34. The summed E-state index contributed by atoms with van der Waals surface area (Å²) in [7, 11) is 0. The minimum atomic E-state index is -1.30. The highest BCUT2D eigenvalue weighted by molar-refractivity contribution is 6.34. The summed E-state index contributed by atoms with van der Waals surface area (Å²) in [6.07, 6.45) is 2.10. The Morgan fingerprint density at radius 2 is 1.77 bits per heavy atom. The minimum Gasteiger partial charge on any atom is -0.378 e. The number of pyridine rings is 1. The number of amides is 1. The molecular weight excluding hydrogens is 323 g/mol. The van der Waals surface area contributed by atoms with Gasteiger partial charge in [-0.1, -0.05) is 30.1 Å². The number of aliphatic hydroxyl groups is 1. The van der Waals surface area contributed by atoms with E-state index >= 15 is 0 Å². The molecule has 2 aromatic rings. The van der Waals surface area contributed by atoms with Crippen molar-refractivity contribution in [3.05, 3.63) is 63.9 Å². The number of aromatic nitrogens is 1. The maximum absolute atomic E-state index is 12.0. The van der Waals surface area contributed by atoms with Crippen LogP contribution in [-0.4, -0.2) is 22.5 Å². The number of carbonyl (C=O) groups is 1. The van der Waals surface area contributed by atoms with Crippen LogP contribution in [0.5, 0.6) is 0 Å². The highest BCUT2D eigenvalue weighted by atomic mass is 35.5. The van der Waals surface area contributed by atoms with Crippen LogP contribution in [0.1, 0.15) is 30.1 Å². The van der Waals surface area contributed by atoms with Gasteiger partial charge in [-0.15, -0.1) is 0 Å². The third-order valence-corrected chi connectivity index (χ3v) is 3.74. The number of aliphatic hydroxyl groups excluding tert-OH is 1. The Kier molecular flexibility index (Phi) is 5.77. The molecule has 116 valence electrons. The second-order valence-corrected chi connectivity index (χ2v) is 5.90. The molecule has 2 rings (SSSR count). The second kappa shape index (κ2) is 7.58. The van der Waals surface area contributed by atoms with Gasteiger partial charge in [0.1, 0.15) is 0 Å². The number of nitrogens with one attached hydrogen (secondary N) is 1. The molecule has 6 heteroatoms. The molecule has 0 bridgehead atoms. The SMILES string of the molecule is CC(CNC(=O)C(O)c1cc(Cl)cc(Cl)c1)c1ccncc1. The Labute approximate surface area is 139 Å². The Bertz CT molecular complexity index is 630. The minimum absolute atomic E-state index is 0.113. The van der Waals surface area contributed by atoms with Crippen LogP contribution in [-0.2, 0) is 4.79 Å². The molecule has 2 unspecified atom stereocenters. The van der Waals surface area contributed by atoms with Gasteiger partial charge >= 0.3 is 0 Å². The molecule has 0 radical (unpaired) electrons. The van der Waals surface area contributed by atoms with Crippen molar-refractivity contribution in [2.75, 3.05) is 6.54 Å². The number of rotatable bonds is 5. The van der Waals surface area contributed by atoms with Crippen LogP contribution in [0.4, 0.5) is 0 Å². The summed E-state index contributed by atoms with van der Waals surface area (Å²) < 4.78 is 0. The smallest absolute Gasteiger partial charge is 0.253 e. The Hall–Kier alpha value is -1.62. The van der Waals surface area contributed by atoms with E-state index in [4.69, 9.17) is 23.2 Å². The lowest BCUT2D eigenvalue weighted by atomic mass is 10.0. The maximum Gasteiger partial charge on any atom is 0.253 e. The van der Waals surface area contributed by atoms with Crippen molar-refractivity contribution in [1.82, 2.24) is 10.3 Å². The van der Waals surface area contributed by atoms with Crippen LogP contribution in [0.3, 0.4) is 0 Å². The molecular formula is C16H16Cl2N2O2. The fourth-order valence-electron chi connectivity index (χ4n) is 2.04. The quantitative estimate of drug-likeness (QED) is 0.878. The first-order valence-corrected chi connectivity index (χ1v) is 7.54. The first kappa shape index (κ1) is 16.7. The van der Waals surface area contributed by atoms with Crippen molar-refractivity contribution in [3.63, 3.8) is 0 Å². The molecule has 0 fully saturated rings. The molecule has 1 heterocycles. The summed E-state index contributed by atoms with van der Waals surface area (Å²) in [6, 6.07) is 8.37. The van der Waals surface area contributed by atoms with Gasteiger partial charge in [-0.2, -0.15) is 0 Å². The first-order valence-electron chi connectivity index (χ1n) is 6.79. The predicted molar refractivity (Wildman–Crippen MR) is 87.1 cm³/mol. The van der Waals surface area contributed by atoms with E-state index in [0.717, 1.165) is 5.56 Å². The molecule has 2 atom stereocenters. The zero-order chi connectivity index (χ0) is 16.1. The number of hydrogen-bond acceptors (Lipinski definition) is 3. The molecule has 0 aliphatic heterocycles. The zero-order valence-corrected chi connectivity index (χ0v) is 13.5. The lowest BCUT2D eigenvalue weighted by Gasteiger charge is -2.16. The number of halogens is 2. The van der Waals surface area contributed by atoms with Crippen LogP contribution in [0.2, 0.25) is 10.0 Å². The van der Waals surface area contributed by atoms with Gasteiger partial charge in [0, 0.05) is 29.0 Å². The van der Waals surface area contributed by atoms with Gasteiger partial charge in [-0.05, 0) is 47.4 Å². The van der Waals surface area contributed by atoms with Gasteiger partial charge in [0.05, 0.1) is 0 Å². The van der Waals surface area contributed by atoms with Crippen molar-refractivity contribution in [1.29, 1.82) is 0 Å². The van der Waals surface area contributed by atoms with Gasteiger partial charge in [0.2, 0.25) is 0 Å². The second-order valence-electron chi connectivity index (χ2n) is 5.03. The van der Waals surface area contributed by atoms with Crippen molar-refractivity contribution < 1.29 is 9.90 Å². The molecule has 0 saturated carbocycles. The Morgan fingerprint density at radius 1 is 1.18 bits per heavy atom. The van der Waals surface area contributed by atoms with Crippen LogP contribution in [0.25, 0.3) is 0 Å². The summed E-state index contributed by atoms with van der Waals surface area (Å²) in [5.41, 5.74) is 1.43. The van der Waals surface area contributed by atoms with Crippen LogP contribution in [0, 0.1) is 0 Å². The largest absolute Gasteiger partial charge is 0.378 e. The van der Waals surface area contributed by atoms with E-state index in [-0.39, 0.29) is 5.92 Å². The fraction of sp³-hybridized carbons (Fsp3) is 0.250. The number of hydrogen-bond donors (Lipinski definition) is 2. The van der Waals surface area contributed by atoms with Gasteiger partial charge in [0.15, 0.2) is 6.10 Å². The zero-order valence-electron chi connectivity index (χ0n) is 12.0. The van der Waals surface area contributed by atoms with E-state index in [2.05, 4.69) is 10.3 Å². The molecule has 22 heavy (non-hydrogen) atoms. The van der Waals surface area contributed by atoms with E-state index in [9.17, 15) is 9.90 Å². The Morgan fingerprint density at radius 3 is 2.36 bits per heavy atom. The van der Waals surface area contributed by atoms with Gasteiger partial charge in [-0.25, -0.2) is 0 Å². The van der Waals surface area contributed by atoms with Crippen molar-refractivity contribution >= 4 is 29.1 Å². The molecule has 2 N–H and O–H groups in total. The molecule has 0 saturated heterocycles. The van der Waals surface area contributed by atoms with Crippen LogP contribution < -0.4 is 5.32 Å². The highest BCUT2D eigenvalue weighted by Gasteiger charge is 2.19. The first-order chi connectivity index (χ1) is 10.5. The third-order valence-electron chi connectivity index (χ3n) is 3.31. The number of benzene rings is 1. The summed E-state index contributed by atoms with van der Waals surface area (Å²) in [5.74, 6) is -0.374. The number of nitrogens with zero attached hydrogens (tertiary/aromatic N) is 1.